The molecule has 0 spiro atoms. The molecule has 17 heavy (non-hydrogen) atoms. The Morgan fingerprint density at radius 3 is 2.06 bits per heavy atom. The van der Waals surface area contributed by atoms with Gasteiger partial charge in [-0.15, -0.1) is 0 Å². The van der Waals surface area contributed by atoms with E-state index in [1.54, 1.807) is 0 Å². The lowest BCUT2D eigenvalue weighted by atomic mass is 9.78. The van der Waals surface area contributed by atoms with Gasteiger partial charge in [0.25, 0.3) is 0 Å². The molecule has 1 atom stereocenters. The molecule has 1 unspecified atom stereocenters. The Kier molecular flexibility index (Phi) is 6.50. The maximum atomic E-state index is 6.04. The van der Waals surface area contributed by atoms with E-state index in [0.29, 0.717) is 12.1 Å². The van der Waals surface area contributed by atoms with E-state index < -0.39 is 0 Å². The van der Waals surface area contributed by atoms with Crippen molar-refractivity contribution in [3.63, 3.8) is 0 Å². The molecule has 0 amide bonds. The Morgan fingerprint density at radius 2 is 1.65 bits per heavy atom. The number of nitrogens with two attached hydrogens (primary N) is 1. The van der Waals surface area contributed by atoms with E-state index >= 15 is 0 Å². The fourth-order valence-corrected chi connectivity index (χ4v) is 3.50. The SMILES string of the molecule is CCC(CC)N(C)C(CN)C1CCC(C)CC1. The van der Waals surface area contributed by atoms with E-state index in [9.17, 15) is 0 Å². The number of nitrogens with zero attached hydrogens (tertiary/aromatic N) is 1. The molecule has 1 aliphatic carbocycles. The second kappa shape index (κ2) is 7.38. The number of likely N-dealkylation sites (N-methyl/N-ethyl adjacent to an activating group) is 1. The molecule has 0 heterocycles. The van der Waals surface area contributed by atoms with E-state index in [4.69, 9.17) is 5.73 Å². The third-order valence-electron chi connectivity index (χ3n) is 4.89. The van der Waals surface area contributed by atoms with Crippen LogP contribution in [0.1, 0.15) is 59.3 Å². The lowest BCUT2D eigenvalue weighted by molar-refractivity contribution is 0.0935. The molecule has 1 aliphatic rings. The monoisotopic (exact) mass is 240 g/mol. The summed E-state index contributed by atoms with van der Waals surface area (Å²) in [5.74, 6) is 1.77. The van der Waals surface area contributed by atoms with Crippen molar-refractivity contribution in [3.05, 3.63) is 0 Å². The van der Waals surface area contributed by atoms with Gasteiger partial charge >= 0.3 is 0 Å². The van der Waals surface area contributed by atoms with Crippen LogP contribution >= 0.6 is 0 Å². The fraction of sp³-hybridized carbons (Fsp3) is 1.00. The molecule has 0 aromatic carbocycles. The van der Waals surface area contributed by atoms with Gasteiger partial charge in [-0.05, 0) is 44.6 Å². The third kappa shape index (κ3) is 3.96. The predicted octanol–water partition coefficient (Wildman–Crippen LogP) is 3.26. The Labute approximate surface area is 108 Å². The maximum absolute atomic E-state index is 6.04. The summed E-state index contributed by atoms with van der Waals surface area (Å²) in [5, 5.41) is 0. The van der Waals surface area contributed by atoms with Gasteiger partial charge in [-0.3, -0.25) is 4.90 Å². The zero-order valence-electron chi connectivity index (χ0n) is 12.3. The smallest absolute Gasteiger partial charge is 0.0246 e. The van der Waals surface area contributed by atoms with Gasteiger partial charge in [-0.1, -0.05) is 33.6 Å². The number of hydrogen-bond donors (Lipinski definition) is 1. The summed E-state index contributed by atoms with van der Waals surface area (Å²) in [6.45, 7) is 7.80. The summed E-state index contributed by atoms with van der Waals surface area (Å²) in [6.07, 6.45) is 8.05. The molecule has 2 N–H and O–H groups in total. The quantitative estimate of drug-likeness (QED) is 0.772. The highest BCUT2D eigenvalue weighted by Crippen LogP contribution is 2.32. The van der Waals surface area contributed by atoms with Crippen LogP contribution in [0.5, 0.6) is 0 Å². The van der Waals surface area contributed by atoms with Crippen LogP contribution < -0.4 is 5.73 Å². The van der Waals surface area contributed by atoms with Crippen LogP contribution in [0, 0.1) is 11.8 Å². The summed E-state index contributed by atoms with van der Waals surface area (Å²) in [4.78, 5) is 2.57. The van der Waals surface area contributed by atoms with Crippen LogP contribution in [0.25, 0.3) is 0 Å². The highest BCUT2D eigenvalue weighted by molar-refractivity contribution is 4.85. The Hall–Kier alpha value is -0.0800. The number of rotatable bonds is 6. The van der Waals surface area contributed by atoms with Gasteiger partial charge in [0.1, 0.15) is 0 Å². The largest absolute Gasteiger partial charge is 0.329 e. The van der Waals surface area contributed by atoms with E-state index in [1.165, 1.54) is 38.5 Å². The minimum atomic E-state index is 0.604. The summed E-state index contributed by atoms with van der Waals surface area (Å²) >= 11 is 0. The van der Waals surface area contributed by atoms with Crippen molar-refractivity contribution in [1.82, 2.24) is 4.90 Å². The van der Waals surface area contributed by atoms with Gasteiger partial charge in [0.05, 0.1) is 0 Å². The molecule has 1 fully saturated rings. The predicted molar refractivity (Wildman–Crippen MR) is 76.1 cm³/mol. The molecule has 0 aromatic heterocycles. The average Bonchev–Trinajstić information content (AvgIpc) is 2.34. The van der Waals surface area contributed by atoms with E-state index in [0.717, 1.165) is 18.4 Å². The molecule has 102 valence electrons. The first-order chi connectivity index (χ1) is 8.13. The van der Waals surface area contributed by atoms with Crippen molar-refractivity contribution < 1.29 is 0 Å². The lowest BCUT2D eigenvalue weighted by Gasteiger charge is -2.41. The highest BCUT2D eigenvalue weighted by atomic mass is 15.2. The summed E-state index contributed by atoms with van der Waals surface area (Å²) in [7, 11) is 2.28. The van der Waals surface area contributed by atoms with Crippen LogP contribution in [-0.2, 0) is 0 Å². The minimum Gasteiger partial charge on any atom is -0.329 e. The van der Waals surface area contributed by atoms with Crippen molar-refractivity contribution >= 4 is 0 Å². The van der Waals surface area contributed by atoms with E-state index in [1.807, 2.05) is 0 Å². The van der Waals surface area contributed by atoms with Crippen LogP contribution in [0.3, 0.4) is 0 Å². The fourth-order valence-electron chi connectivity index (χ4n) is 3.50. The molecule has 1 saturated carbocycles. The van der Waals surface area contributed by atoms with Crippen molar-refractivity contribution in [2.75, 3.05) is 13.6 Å². The molecule has 2 nitrogen and oxygen atoms in total. The third-order valence-corrected chi connectivity index (χ3v) is 4.89. The molecular formula is C15H32N2. The summed E-state index contributed by atoms with van der Waals surface area (Å²) < 4.78 is 0. The average molecular weight is 240 g/mol. The molecule has 0 bridgehead atoms. The second-order valence-electron chi connectivity index (χ2n) is 5.96. The summed E-state index contributed by atoms with van der Waals surface area (Å²) in [6, 6.07) is 1.32. The first kappa shape index (κ1) is 15.0. The van der Waals surface area contributed by atoms with Crippen LogP contribution in [0.15, 0.2) is 0 Å². The standard InChI is InChI=1S/C15H32N2/c1-5-14(6-2)17(4)15(11-16)13-9-7-12(3)8-10-13/h12-15H,5-11,16H2,1-4H3. The molecule has 0 saturated heterocycles. The Bertz CT molecular complexity index is 193. The van der Waals surface area contributed by atoms with Crippen LogP contribution in [0.4, 0.5) is 0 Å². The zero-order chi connectivity index (χ0) is 12.8. The van der Waals surface area contributed by atoms with Crippen LogP contribution in [0.2, 0.25) is 0 Å². The van der Waals surface area contributed by atoms with E-state index in [-0.39, 0.29) is 0 Å². The second-order valence-corrected chi connectivity index (χ2v) is 5.96. The van der Waals surface area contributed by atoms with Gasteiger partial charge in [-0.25, -0.2) is 0 Å². The Morgan fingerprint density at radius 1 is 1.12 bits per heavy atom. The topological polar surface area (TPSA) is 29.3 Å². The first-order valence-corrected chi connectivity index (χ1v) is 7.55. The van der Waals surface area contributed by atoms with Gasteiger partial charge < -0.3 is 5.73 Å². The van der Waals surface area contributed by atoms with Crippen molar-refractivity contribution in [2.45, 2.75) is 71.4 Å². The van der Waals surface area contributed by atoms with Gasteiger partial charge in [0, 0.05) is 18.6 Å². The highest BCUT2D eigenvalue weighted by Gasteiger charge is 2.29. The number of hydrogen-bond acceptors (Lipinski definition) is 2. The summed E-state index contributed by atoms with van der Waals surface area (Å²) in [5.41, 5.74) is 6.04. The van der Waals surface area contributed by atoms with Gasteiger partial charge in [0.2, 0.25) is 0 Å². The molecule has 0 aromatic rings. The van der Waals surface area contributed by atoms with Gasteiger partial charge in [0.15, 0.2) is 0 Å². The van der Waals surface area contributed by atoms with E-state index in [2.05, 4.69) is 32.7 Å². The molecule has 1 rings (SSSR count). The molecule has 0 aliphatic heterocycles. The van der Waals surface area contributed by atoms with Crippen LogP contribution in [-0.4, -0.2) is 30.6 Å². The molecular weight excluding hydrogens is 208 g/mol. The van der Waals surface area contributed by atoms with Crippen molar-refractivity contribution in [3.8, 4) is 0 Å². The van der Waals surface area contributed by atoms with Crippen molar-refractivity contribution in [1.29, 1.82) is 0 Å². The zero-order valence-corrected chi connectivity index (χ0v) is 12.3. The minimum absolute atomic E-state index is 0.604. The van der Waals surface area contributed by atoms with Gasteiger partial charge in [-0.2, -0.15) is 0 Å². The van der Waals surface area contributed by atoms with Crippen molar-refractivity contribution in [2.24, 2.45) is 17.6 Å². The Balaban J connectivity index is 2.57. The molecule has 0 radical (unpaired) electrons. The normalized spacial score (nSPS) is 27.7. The molecule has 2 heteroatoms. The first-order valence-electron chi connectivity index (χ1n) is 7.55. The lowest BCUT2D eigenvalue weighted by Crippen LogP contribution is -2.48. The maximum Gasteiger partial charge on any atom is 0.0246 e.